The average Bonchev–Trinajstić information content (AvgIpc) is 2.68. The van der Waals surface area contributed by atoms with Crippen LogP contribution in [-0.2, 0) is 4.79 Å². The van der Waals surface area contributed by atoms with E-state index >= 15 is 0 Å². The highest BCUT2D eigenvalue weighted by atomic mass is 16.2. The number of hydrogen-bond acceptors (Lipinski definition) is 5. The predicted octanol–water partition coefficient (Wildman–Crippen LogP) is 2.17. The molecular weight excluding hydrogens is 342 g/mol. The summed E-state index contributed by atoms with van der Waals surface area (Å²) in [4.78, 5) is 38.3. The highest BCUT2D eigenvalue weighted by Crippen LogP contribution is 2.23. The van der Waals surface area contributed by atoms with Gasteiger partial charge in [-0.25, -0.2) is 9.97 Å². The minimum atomic E-state index is -0.118. The smallest absolute Gasteiger partial charge is 0.272 e. The quantitative estimate of drug-likeness (QED) is 0.758. The van der Waals surface area contributed by atoms with Gasteiger partial charge in [-0.1, -0.05) is 12.1 Å². The second-order valence-electron chi connectivity index (χ2n) is 6.71. The first kappa shape index (κ1) is 18.8. The average molecular weight is 367 g/mol. The molecule has 7 heteroatoms. The summed E-state index contributed by atoms with van der Waals surface area (Å²) in [6.45, 7) is 8.79. The number of aromatic nitrogens is 2. The Morgan fingerprint density at radius 3 is 2.52 bits per heavy atom. The van der Waals surface area contributed by atoms with Crippen LogP contribution in [-0.4, -0.2) is 64.8 Å². The van der Waals surface area contributed by atoms with Crippen LogP contribution in [0.1, 0.15) is 28.7 Å². The molecule has 0 radical (unpaired) electrons. The minimum Gasteiger partial charge on any atom is -0.342 e. The van der Waals surface area contributed by atoms with Gasteiger partial charge in [0, 0.05) is 44.1 Å². The summed E-state index contributed by atoms with van der Waals surface area (Å²) in [5, 5.41) is 0. The van der Waals surface area contributed by atoms with Gasteiger partial charge in [0.25, 0.3) is 5.91 Å². The first-order chi connectivity index (χ1) is 13.0. The van der Waals surface area contributed by atoms with Gasteiger partial charge in [0.1, 0.15) is 5.69 Å². The molecule has 27 heavy (non-hydrogen) atoms. The van der Waals surface area contributed by atoms with E-state index in [4.69, 9.17) is 0 Å². The van der Waals surface area contributed by atoms with Crippen LogP contribution in [0.2, 0.25) is 0 Å². The summed E-state index contributed by atoms with van der Waals surface area (Å²) in [5.74, 6) is 0.408. The van der Waals surface area contributed by atoms with Gasteiger partial charge in [-0.05, 0) is 44.5 Å². The number of piperazine rings is 1. The molecule has 0 aliphatic carbocycles. The molecule has 142 valence electrons. The Morgan fingerprint density at radius 1 is 1.15 bits per heavy atom. The fourth-order valence-corrected chi connectivity index (χ4v) is 3.21. The number of aryl methyl sites for hydroxylation is 2. The Balaban J connectivity index is 1.87. The van der Waals surface area contributed by atoms with E-state index in [-0.39, 0.29) is 5.91 Å². The van der Waals surface area contributed by atoms with Crippen molar-refractivity contribution in [3.8, 4) is 0 Å². The molecule has 0 spiro atoms. The number of rotatable bonds is 5. The first-order valence-electron chi connectivity index (χ1n) is 9.20. The van der Waals surface area contributed by atoms with E-state index in [1.165, 1.54) is 0 Å². The molecule has 1 aliphatic rings. The maximum Gasteiger partial charge on any atom is 0.272 e. The van der Waals surface area contributed by atoms with Gasteiger partial charge in [0.2, 0.25) is 12.4 Å². The summed E-state index contributed by atoms with van der Waals surface area (Å²) in [5.41, 5.74) is 3.30. The van der Waals surface area contributed by atoms with Crippen LogP contribution in [0, 0.1) is 13.8 Å². The SMILES string of the molecule is CCN(c1cccc(C)c1)c1nc(C)cc(C(=O)N2CCN(C=O)CC2)n1. The van der Waals surface area contributed by atoms with E-state index in [1.807, 2.05) is 43.9 Å². The van der Waals surface area contributed by atoms with Gasteiger partial charge in [0.15, 0.2) is 0 Å². The van der Waals surface area contributed by atoms with Crippen LogP contribution in [0.15, 0.2) is 30.3 Å². The normalized spacial score (nSPS) is 14.2. The van der Waals surface area contributed by atoms with Crippen molar-refractivity contribution in [3.05, 3.63) is 47.3 Å². The fourth-order valence-electron chi connectivity index (χ4n) is 3.21. The molecule has 1 aromatic heterocycles. The Labute approximate surface area is 159 Å². The number of carbonyl (C=O) groups is 2. The van der Waals surface area contributed by atoms with Crippen LogP contribution in [0.4, 0.5) is 11.6 Å². The largest absolute Gasteiger partial charge is 0.342 e. The minimum absolute atomic E-state index is 0.118. The first-order valence-corrected chi connectivity index (χ1v) is 9.20. The monoisotopic (exact) mass is 367 g/mol. The number of anilines is 2. The van der Waals surface area contributed by atoms with Gasteiger partial charge in [-0.15, -0.1) is 0 Å². The number of carbonyl (C=O) groups excluding carboxylic acids is 2. The van der Waals surface area contributed by atoms with E-state index in [9.17, 15) is 9.59 Å². The Morgan fingerprint density at radius 2 is 1.89 bits per heavy atom. The lowest BCUT2D eigenvalue weighted by molar-refractivity contribution is -0.119. The van der Waals surface area contributed by atoms with Crippen LogP contribution in [0.3, 0.4) is 0 Å². The molecule has 0 saturated carbocycles. The summed E-state index contributed by atoms with van der Waals surface area (Å²) in [6, 6.07) is 9.86. The molecule has 1 fully saturated rings. The van der Waals surface area contributed by atoms with E-state index in [1.54, 1.807) is 15.9 Å². The molecule has 7 nitrogen and oxygen atoms in total. The molecule has 2 heterocycles. The Bertz CT molecular complexity index is 831. The lowest BCUT2D eigenvalue weighted by atomic mass is 10.2. The molecule has 0 unspecified atom stereocenters. The molecule has 0 N–H and O–H groups in total. The van der Waals surface area contributed by atoms with E-state index in [2.05, 4.69) is 16.0 Å². The Kier molecular flexibility index (Phi) is 5.69. The summed E-state index contributed by atoms with van der Waals surface area (Å²) in [7, 11) is 0. The molecule has 1 aliphatic heterocycles. The molecule has 2 aromatic rings. The topological polar surface area (TPSA) is 69.6 Å². The summed E-state index contributed by atoms with van der Waals surface area (Å²) >= 11 is 0. The zero-order valence-electron chi connectivity index (χ0n) is 16.1. The van der Waals surface area contributed by atoms with Gasteiger partial charge in [-0.3, -0.25) is 9.59 Å². The lowest BCUT2D eigenvalue weighted by Gasteiger charge is -2.32. The maximum atomic E-state index is 12.9. The van der Waals surface area contributed by atoms with Gasteiger partial charge in [0.05, 0.1) is 0 Å². The van der Waals surface area contributed by atoms with E-state index < -0.39 is 0 Å². The summed E-state index contributed by atoms with van der Waals surface area (Å²) < 4.78 is 0. The fraction of sp³-hybridized carbons (Fsp3) is 0.400. The third kappa shape index (κ3) is 4.24. The zero-order chi connectivity index (χ0) is 19.4. The van der Waals surface area contributed by atoms with E-state index in [0.29, 0.717) is 44.4 Å². The second kappa shape index (κ2) is 8.16. The van der Waals surface area contributed by atoms with Crippen molar-refractivity contribution in [2.75, 3.05) is 37.6 Å². The molecule has 3 rings (SSSR count). The highest BCUT2D eigenvalue weighted by Gasteiger charge is 2.24. The van der Waals surface area contributed by atoms with Gasteiger partial charge >= 0.3 is 0 Å². The number of benzene rings is 1. The standard InChI is InChI=1S/C20H25N5O2/c1-4-25(17-7-5-6-15(2)12-17)20-21-16(3)13-18(22-20)19(27)24-10-8-23(14-26)9-11-24/h5-7,12-14H,4,8-11H2,1-3H3. The van der Waals surface area contributed by atoms with Crippen molar-refractivity contribution >= 4 is 24.0 Å². The van der Waals surface area contributed by atoms with Crippen LogP contribution >= 0.6 is 0 Å². The molecule has 1 saturated heterocycles. The molecular formula is C20H25N5O2. The third-order valence-electron chi connectivity index (χ3n) is 4.68. The second-order valence-corrected chi connectivity index (χ2v) is 6.71. The summed E-state index contributed by atoms with van der Waals surface area (Å²) in [6.07, 6.45) is 0.829. The van der Waals surface area contributed by atoms with E-state index in [0.717, 1.165) is 23.4 Å². The maximum absolute atomic E-state index is 12.9. The number of nitrogens with zero attached hydrogens (tertiary/aromatic N) is 5. The van der Waals surface area contributed by atoms with Crippen molar-refractivity contribution in [1.82, 2.24) is 19.8 Å². The molecule has 1 aromatic carbocycles. The zero-order valence-corrected chi connectivity index (χ0v) is 16.1. The van der Waals surface area contributed by atoms with Crippen LogP contribution < -0.4 is 4.90 Å². The van der Waals surface area contributed by atoms with Crippen molar-refractivity contribution < 1.29 is 9.59 Å². The lowest BCUT2D eigenvalue weighted by Crippen LogP contribution is -2.48. The van der Waals surface area contributed by atoms with Crippen molar-refractivity contribution in [2.24, 2.45) is 0 Å². The third-order valence-corrected chi connectivity index (χ3v) is 4.68. The molecule has 2 amide bonds. The molecule has 0 atom stereocenters. The van der Waals surface area contributed by atoms with Crippen LogP contribution in [0.25, 0.3) is 0 Å². The Hall–Kier alpha value is -2.96. The molecule has 0 bridgehead atoms. The van der Waals surface area contributed by atoms with Gasteiger partial charge in [-0.2, -0.15) is 0 Å². The van der Waals surface area contributed by atoms with Crippen molar-refractivity contribution in [2.45, 2.75) is 20.8 Å². The number of amides is 2. The van der Waals surface area contributed by atoms with Crippen molar-refractivity contribution in [3.63, 3.8) is 0 Å². The number of hydrogen-bond donors (Lipinski definition) is 0. The van der Waals surface area contributed by atoms with Gasteiger partial charge < -0.3 is 14.7 Å². The predicted molar refractivity (Wildman–Crippen MR) is 104 cm³/mol. The highest BCUT2D eigenvalue weighted by molar-refractivity contribution is 5.93. The van der Waals surface area contributed by atoms with Crippen molar-refractivity contribution in [1.29, 1.82) is 0 Å². The van der Waals surface area contributed by atoms with Crippen LogP contribution in [0.5, 0.6) is 0 Å².